The van der Waals surface area contributed by atoms with Gasteiger partial charge < -0.3 is 4.42 Å². The molecule has 2 aromatic heterocycles. The second kappa shape index (κ2) is 13.6. The van der Waals surface area contributed by atoms with Crippen molar-refractivity contribution in [3.05, 3.63) is 241 Å². The van der Waals surface area contributed by atoms with Crippen LogP contribution < -0.4 is 0 Å². The third-order valence-electron chi connectivity index (χ3n) is 12.4. The predicted molar refractivity (Wildman–Crippen MR) is 246 cm³/mol. The second-order valence-corrected chi connectivity index (χ2v) is 15.6. The molecule has 0 amide bonds. The van der Waals surface area contributed by atoms with Crippen molar-refractivity contribution < 1.29 is 4.42 Å². The molecule has 0 unspecified atom stereocenters. The fourth-order valence-electron chi connectivity index (χ4n) is 9.70. The molecular formula is C57H36N2O. The average Bonchev–Trinajstić information content (AvgIpc) is 3.86. The number of hydrogen-bond acceptors (Lipinski definition) is 3. The van der Waals surface area contributed by atoms with Crippen molar-refractivity contribution in [2.45, 2.75) is 5.41 Å². The van der Waals surface area contributed by atoms with Crippen molar-refractivity contribution in [2.24, 2.45) is 0 Å². The highest BCUT2D eigenvalue weighted by Gasteiger charge is 2.47. The molecule has 0 radical (unpaired) electrons. The maximum Gasteiger partial charge on any atom is 0.160 e. The Hall–Kier alpha value is -7.88. The van der Waals surface area contributed by atoms with E-state index in [0.717, 1.165) is 66.5 Å². The largest absolute Gasteiger partial charge is 0.455 e. The summed E-state index contributed by atoms with van der Waals surface area (Å²) in [6.45, 7) is 0. The Balaban J connectivity index is 1.08. The van der Waals surface area contributed by atoms with Crippen LogP contribution in [0.4, 0.5) is 0 Å². The minimum absolute atomic E-state index is 0.585. The highest BCUT2D eigenvalue weighted by Crippen LogP contribution is 2.58. The molecule has 12 rings (SSSR count). The third-order valence-corrected chi connectivity index (χ3v) is 12.4. The van der Waals surface area contributed by atoms with E-state index in [2.05, 4.69) is 206 Å². The molecule has 0 bridgehead atoms. The number of para-hydroxylation sites is 2. The molecule has 2 heterocycles. The van der Waals surface area contributed by atoms with Crippen LogP contribution in [0.3, 0.4) is 0 Å². The van der Waals surface area contributed by atoms with Gasteiger partial charge in [-0.3, -0.25) is 0 Å². The number of furan rings is 1. The van der Waals surface area contributed by atoms with Crippen LogP contribution in [0.5, 0.6) is 0 Å². The summed E-state index contributed by atoms with van der Waals surface area (Å²) in [5.41, 5.74) is 15.5. The summed E-state index contributed by atoms with van der Waals surface area (Å²) < 4.78 is 6.43. The van der Waals surface area contributed by atoms with E-state index in [9.17, 15) is 0 Å². The summed E-state index contributed by atoms with van der Waals surface area (Å²) in [4.78, 5) is 10.8. The molecule has 3 nitrogen and oxygen atoms in total. The number of rotatable bonds is 6. The van der Waals surface area contributed by atoms with E-state index in [1.807, 2.05) is 12.1 Å². The zero-order valence-corrected chi connectivity index (χ0v) is 32.6. The SMILES string of the molecule is c1ccc(C2(c3ccccc3)c3ccccc3-c3cccc(-c4cc(-c5ccc(-c6cccc7c6oc6ccccc67)cc5)nc(-c5ccc6ccccc6c5)n4)c32)cc1. The molecule has 11 aromatic rings. The summed E-state index contributed by atoms with van der Waals surface area (Å²) in [6, 6.07) is 78.0. The zero-order valence-electron chi connectivity index (χ0n) is 32.6. The minimum Gasteiger partial charge on any atom is -0.455 e. The Morgan fingerprint density at radius 2 is 0.950 bits per heavy atom. The minimum atomic E-state index is -0.585. The molecule has 0 saturated heterocycles. The maximum absolute atomic E-state index is 6.43. The first-order chi connectivity index (χ1) is 29.7. The first-order valence-corrected chi connectivity index (χ1v) is 20.5. The topological polar surface area (TPSA) is 38.9 Å². The molecule has 280 valence electrons. The summed E-state index contributed by atoms with van der Waals surface area (Å²) in [5, 5.41) is 4.58. The van der Waals surface area contributed by atoms with E-state index in [-0.39, 0.29) is 0 Å². The fourth-order valence-corrected chi connectivity index (χ4v) is 9.70. The van der Waals surface area contributed by atoms with Gasteiger partial charge >= 0.3 is 0 Å². The van der Waals surface area contributed by atoms with Gasteiger partial charge in [-0.15, -0.1) is 0 Å². The van der Waals surface area contributed by atoms with Crippen molar-refractivity contribution >= 4 is 32.7 Å². The van der Waals surface area contributed by atoms with Crippen LogP contribution in [0, 0.1) is 0 Å². The molecular weight excluding hydrogens is 729 g/mol. The average molecular weight is 765 g/mol. The summed E-state index contributed by atoms with van der Waals surface area (Å²) in [7, 11) is 0. The van der Waals surface area contributed by atoms with Crippen LogP contribution in [0.15, 0.2) is 223 Å². The first kappa shape index (κ1) is 34.2. The quantitative estimate of drug-likeness (QED) is 0.169. The van der Waals surface area contributed by atoms with Crippen LogP contribution in [-0.4, -0.2) is 9.97 Å². The van der Waals surface area contributed by atoms with Gasteiger partial charge in [-0.05, 0) is 67.9 Å². The highest BCUT2D eigenvalue weighted by molar-refractivity contribution is 6.09. The van der Waals surface area contributed by atoms with Crippen molar-refractivity contribution in [1.29, 1.82) is 0 Å². The standard InChI is InChI=1S/C57H36N2O/c1-3-17-42(18-4-1)57(43-19-5-2-6-20-43)50-27-11-9-21-45(50)47-24-14-26-49(54(47)57)52-36-51(58-56(59-52)41-34-29-37-15-7-8-16-40(37)35-41)39-32-30-38(31-33-39)44-23-13-25-48-46-22-10-12-28-53(46)60-55(44)48/h1-36H. The monoisotopic (exact) mass is 764 g/mol. The van der Waals surface area contributed by atoms with Gasteiger partial charge in [0, 0.05) is 33.0 Å². The van der Waals surface area contributed by atoms with Gasteiger partial charge in [0.15, 0.2) is 5.82 Å². The van der Waals surface area contributed by atoms with Gasteiger partial charge in [0.25, 0.3) is 0 Å². The molecule has 1 aliphatic rings. The van der Waals surface area contributed by atoms with Gasteiger partial charge in [-0.2, -0.15) is 0 Å². The van der Waals surface area contributed by atoms with E-state index in [1.54, 1.807) is 0 Å². The smallest absolute Gasteiger partial charge is 0.160 e. The molecule has 0 saturated carbocycles. The van der Waals surface area contributed by atoms with Gasteiger partial charge in [-0.1, -0.05) is 200 Å². The molecule has 3 heteroatoms. The van der Waals surface area contributed by atoms with Crippen molar-refractivity contribution in [2.75, 3.05) is 0 Å². The summed E-state index contributed by atoms with van der Waals surface area (Å²) >= 11 is 0. The Morgan fingerprint density at radius 3 is 1.77 bits per heavy atom. The lowest BCUT2D eigenvalue weighted by atomic mass is 9.66. The lowest BCUT2D eigenvalue weighted by Gasteiger charge is -2.35. The molecule has 60 heavy (non-hydrogen) atoms. The fraction of sp³-hybridized carbons (Fsp3) is 0.0175. The van der Waals surface area contributed by atoms with E-state index in [0.29, 0.717) is 5.82 Å². The summed E-state index contributed by atoms with van der Waals surface area (Å²) in [6.07, 6.45) is 0. The number of fused-ring (bicyclic) bond motifs is 7. The van der Waals surface area contributed by atoms with E-state index in [1.165, 1.54) is 38.8 Å². The molecule has 9 aromatic carbocycles. The lowest BCUT2D eigenvalue weighted by Crippen LogP contribution is -2.29. The van der Waals surface area contributed by atoms with Crippen molar-refractivity contribution in [1.82, 2.24) is 9.97 Å². The van der Waals surface area contributed by atoms with Gasteiger partial charge in [0.05, 0.1) is 16.8 Å². The molecule has 1 aliphatic carbocycles. The Bertz CT molecular complexity index is 3380. The van der Waals surface area contributed by atoms with Crippen LogP contribution in [-0.2, 0) is 5.41 Å². The summed E-state index contributed by atoms with van der Waals surface area (Å²) in [5.74, 6) is 0.683. The van der Waals surface area contributed by atoms with Crippen molar-refractivity contribution in [3.63, 3.8) is 0 Å². The maximum atomic E-state index is 6.43. The van der Waals surface area contributed by atoms with E-state index < -0.39 is 5.41 Å². The van der Waals surface area contributed by atoms with Crippen LogP contribution >= 0.6 is 0 Å². The Kier molecular flexibility index (Phi) is 7.76. The molecule has 0 N–H and O–H groups in total. The Morgan fingerprint density at radius 1 is 0.367 bits per heavy atom. The lowest BCUT2D eigenvalue weighted by molar-refractivity contribution is 0.670. The number of hydrogen-bond donors (Lipinski definition) is 0. The van der Waals surface area contributed by atoms with Crippen LogP contribution in [0.2, 0.25) is 0 Å². The van der Waals surface area contributed by atoms with Crippen LogP contribution in [0.1, 0.15) is 22.3 Å². The first-order valence-electron chi connectivity index (χ1n) is 20.5. The Labute approximate surface area is 347 Å². The van der Waals surface area contributed by atoms with E-state index in [4.69, 9.17) is 14.4 Å². The molecule has 0 atom stereocenters. The number of aromatic nitrogens is 2. The molecule has 0 spiro atoms. The van der Waals surface area contributed by atoms with Gasteiger partial charge in [-0.25, -0.2) is 9.97 Å². The highest BCUT2D eigenvalue weighted by atomic mass is 16.3. The zero-order chi connectivity index (χ0) is 39.6. The van der Waals surface area contributed by atoms with Crippen LogP contribution in [0.25, 0.3) is 88.9 Å². The normalized spacial score (nSPS) is 12.8. The second-order valence-electron chi connectivity index (χ2n) is 15.6. The molecule has 0 fully saturated rings. The van der Waals surface area contributed by atoms with Gasteiger partial charge in [0.2, 0.25) is 0 Å². The van der Waals surface area contributed by atoms with Gasteiger partial charge in [0.1, 0.15) is 11.2 Å². The third kappa shape index (κ3) is 5.23. The number of benzene rings is 9. The number of nitrogens with zero attached hydrogens (tertiary/aromatic N) is 2. The van der Waals surface area contributed by atoms with Crippen molar-refractivity contribution in [3.8, 4) is 56.2 Å². The predicted octanol–water partition coefficient (Wildman–Crippen LogP) is 14.6. The van der Waals surface area contributed by atoms with E-state index >= 15 is 0 Å². The molecule has 0 aliphatic heterocycles.